The Balaban J connectivity index is 2.08. The molecule has 1 atom stereocenters. The Bertz CT molecular complexity index is 382. The van der Waals surface area contributed by atoms with Crippen molar-refractivity contribution in [3.05, 3.63) is 0 Å². The molecule has 2 N–H and O–H groups in total. The Morgan fingerprint density at radius 3 is 2.52 bits per heavy atom. The first-order valence-electron chi connectivity index (χ1n) is 8.40. The van der Waals surface area contributed by atoms with Crippen LogP contribution in [-0.2, 0) is 9.47 Å². The number of nitrogens with zero attached hydrogens (tertiary/aromatic N) is 1. The number of amides is 2. The van der Waals surface area contributed by atoms with E-state index in [1.54, 1.807) is 6.92 Å². The Morgan fingerprint density at radius 2 is 1.87 bits per heavy atom. The van der Waals surface area contributed by atoms with E-state index in [4.69, 9.17) is 9.47 Å². The number of carbonyl (C=O) groups is 2. The van der Waals surface area contributed by atoms with Gasteiger partial charge in [-0.05, 0) is 53.0 Å². The van der Waals surface area contributed by atoms with Crippen LogP contribution in [0.1, 0.15) is 40.5 Å². The van der Waals surface area contributed by atoms with E-state index in [0.717, 1.165) is 32.5 Å². The molecule has 0 aliphatic carbocycles. The predicted octanol–water partition coefficient (Wildman–Crippen LogP) is 1.97. The van der Waals surface area contributed by atoms with Gasteiger partial charge in [-0.25, -0.2) is 9.59 Å². The van der Waals surface area contributed by atoms with Crippen molar-refractivity contribution in [1.29, 1.82) is 0 Å². The number of nitrogens with one attached hydrogen (secondary N) is 2. The first kappa shape index (κ1) is 19.5. The highest BCUT2D eigenvalue weighted by atomic mass is 16.6. The van der Waals surface area contributed by atoms with Crippen LogP contribution in [0.2, 0.25) is 0 Å². The molecule has 134 valence electrons. The molecule has 1 rings (SSSR count). The lowest BCUT2D eigenvalue weighted by atomic mass is 10.1. The van der Waals surface area contributed by atoms with Crippen LogP contribution in [0.5, 0.6) is 0 Å². The minimum absolute atomic E-state index is 0.344. The molecule has 1 saturated heterocycles. The molecule has 0 aromatic rings. The van der Waals surface area contributed by atoms with Crippen LogP contribution in [0.3, 0.4) is 0 Å². The van der Waals surface area contributed by atoms with Crippen LogP contribution < -0.4 is 10.6 Å². The van der Waals surface area contributed by atoms with Gasteiger partial charge in [-0.1, -0.05) is 0 Å². The number of rotatable bonds is 7. The van der Waals surface area contributed by atoms with Crippen molar-refractivity contribution in [2.75, 3.05) is 39.3 Å². The van der Waals surface area contributed by atoms with Gasteiger partial charge in [-0.15, -0.1) is 0 Å². The van der Waals surface area contributed by atoms with Crippen molar-refractivity contribution in [2.24, 2.45) is 5.92 Å². The summed E-state index contributed by atoms with van der Waals surface area (Å²) in [4.78, 5) is 25.1. The van der Waals surface area contributed by atoms with Gasteiger partial charge >= 0.3 is 12.2 Å². The van der Waals surface area contributed by atoms with Gasteiger partial charge < -0.3 is 25.0 Å². The molecule has 1 aliphatic heterocycles. The number of carbonyl (C=O) groups excluding carboxylic acids is 2. The van der Waals surface area contributed by atoms with Gasteiger partial charge in [0.15, 0.2) is 0 Å². The molecule has 1 unspecified atom stereocenters. The normalized spacial score (nSPS) is 18.5. The molecule has 23 heavy (non-hydrogen) atoms. The van der Waals surface area contributed by atoms with Gasteiger partial charge in [-0.2, -0.15) is 0 Å². The summed E-state index contributed by atoms with van der Waals surface area (Å²) in [7, 11) is 0. The molecule has 7 nitrogen and oxygen atoms in total. The molecule has 0 spiro atoms. The third-order valence-electron chi connectivity index (χ3n) is 3.56. The maximum atomic E-state index is 11.6. The third-order valence-corrected chi connectivity index (χ3v) is 3.56. The number of ether oxygens (including phenoxy) is 2. The van der Waals surface area contributed by atoms with Gasteiger partial charge in [0.25, 0.3) is 0 Å². The minimum Gasteiger partial charge on any atom is -0.450 e. The second-order valence-corrected chi connectivity index (χ2v) is 6.82. The molecule has 2 amide bonds. The highest BCUT2D eigenvalue weighted by molar-refractivity contribution is 5.67. The van der Waals surface area contributed by atoms with E-state index < -0.39 is 5.60 Å². The Labute approximate surface area is 139 Å². The van der Waals surface area contributed by atoms with Crippen molar-refractivity contribution < 1.29 is 19.1 Å². The van der Waals surface area contributed by atoms with Gasteiger partial charge in [0.1, 0.15) is 5.60 Å². The van der Waals surface area contributed by atoms with Crippen molar-refractivity contribution in [1.82, 2.24) is 15.5 Å². The van der Waals surface area contributed by atoms with E-state index in [-0.39, 0.29) is 12.2 Å². The number of hydrogen-bond acceptors (Lipinski definition) is 5. The van der Waals surface area contributed by atoms with E-state index in [0.29, 0.717) is 25.6 Å². The van der Waals surface area contributed by atoms with E-state index in [2.05, 4.69) is 15.5 Å². The summed E-state index contributed by atoms with van der Waals surface area (Å²) >= 11 is 0. The van der Waals surface area contributed by atoms with Crippen LogP contribution in [0.4, 0.5) is 9.59 Å². The van der Waals surface area contributed by atoms with Crippen molar-refractivity contribution >= 4 is 12.2 Å². The first-order chi connectivity index (χ1) is 10.8. The zero-order valence-corrected chi connectivity index (χ0v) is 14.8. The average molecular weight is 329 g/mol. The van der Waals surface area contributed by atoms with Gasteiger partial charge in [0.05, 0.1) is 6.61 Å². The quantitative estimate of drug-likeness (QED) is 0.746. The molecular weight excluding hydrogens is 298 g/mol. The number of hydrogen-bond donors (Lipinski definition) is 2. The summed E-state index contributed by atoms with van der Waals surface area (Å²) in [5, 5.41) is 5.53. The lowest BCUT2D eigenvalue weighted by molar-refractivity contribution is 0.0523. The summed E-state index contributed by atoms with van der Waals surface area (Å²) in [6, 6.07) is 0. The van der Waals surface area contributed by atoms with Crippen LogP contribution in [0.25, 0.3) is 0 Å². The summed E-state index contributed by atoms with van der Waals surface area (Å²) < 4.78 is 10.0. The van der Waals surface area contributed by atoms with E-state index >= 15 is 0 Å². The summed E-state index contributed by atoms with van der Waals surface area (Å²) in [5.74, 6) is 0.582. The molecule has 1 heterocycles. The fourth-order valence-electron chi connectivity index (χ4n) is 2.54. The fourth-order valence-corrected chi connectivity index (χ4v) is 2.54. The van der Waals surface area contributed by atoms with Crippen LogP contribution in [0, 0.1) is 5.92 Å². The number of alkyl carbamates (subject to hydrolysis) is 2. The van der Waals surface area contributed by atoms with E-state index in [9.17, 15) is 9.59 Å². The standard InChI is InChI=1S/C16H31N3O4/c1-5-22-14(20)17-8-6-13-7-10-19(12-13)11-9-18-15(21)23-16(2,3)4/h13H,5-12H2,1-4H3,(H,17,20)(H,18,21). The van der Waals surface area contributed by atoms with Crippen molar-refractivity contribution in [3.8, 4) is 0 Å². The highest BCUT2D eigenvalue weighted by Crippen LogP contribution is 2.18. The lowest BCUT2D eigenvalue weighted by Crippen LogP contribution is -2.37. The first-order valence-corrected chi connectivity index (χ1v) is 8.40. The summed E-state index contributed by atoms with van der Waals surface area (Å²) in [6.07, 6.45) is 1.36. The van der Waals surface area contributed by atoms with E-state index in [1.165, 1.54) is 0 Å². The van der Waals surface area contributed by atoms with Crippen LogP contribution >= 0.6 is 0 Å². The lowest BCUT2D eigenvalue weighted by Gasteiger charge is -2.21. The molecule has 0 bridgehead atoms. The van der Waals surface area contributed by atoms with Crippen molar-refractivity contribution in [2.45, 2.75) is 46.1 Å². The van der Waals surface area contributed by atoms with Gasteiger partial charge in [-0.3, -0.25) is 0 Å². The zero-order chi connectivity index (χ0) is 17.3. The predicted molar refractivity (Wildman–Crippen MR) is 88.4 cm³/mol. The second-order valence-electron chi connectivity index (χ2n) is 6.82. The smallest absolute Gasteiger partial charge is 0.407 e. The average Bonchev–Trinajstić information content (AvgIpc) is 2.85. The molecular formula is C16H31N3O4. The van der Waals surface area contributed by atoms with Crippen LogP contribution in [-0.4, -0.2) is 62.0 Å². The topological polar surface area (TPSA) is 79.9 Å². The molecule has 0 saturated carbocycles. The summed E-state index contributed by atoms with van der Waals surface area (Å²) in [6.45, 7) is 11.8. The van der Waals surface area contributed by atoms with Crippen molar-refractivity contribution in [3.63, 3.8) is 0 Å². The Hall–Kier alpha value is -1.50. The molecule has 7 heteroatoms. The molecule has 0 aromatic carbocycles. The number of likely N-dealkylation sites (tertiary alicyclic amines) is 1. The van der Waals surface area contributed by atoms with Gasteiger partial charge in [0, 0.05) is 26.2 Å². The highest BCUT2D eigenvalue weighted by Gasteiger charge is 2.22. The minimum atomic E-state index is -0.464. The Morgan fingerprint density at radius 1 is 1.17 bits per heavy atom. The third kappa shape index (κ3) is 9.28. The molecule has 1 fully saturated rings. The van der Waals surface area contributed by atoms with Crippen LogP contribution in [0.15, 0.2) is 0 Å². The van der Waals surface area contributed by atoms with Gasteiger partial charge in [0.2, 0.25) is 0 Å². The fraction of sp³-hybridized carbons (Fsp3) is 0.875. The molecule has 0 radical (unpaired) electrons. The molecule has 0 aromatic heterocycles. The SMILES string of the molecule is CCOC(=O)NCCC1CCN(CCNC(=O)OC(C)(C)C)C1. The van der Waals surface area contributed by atoms with E-state index in [1.807, 2.05) is 20.8 Å². The monoisotopic (exact) mass is 329 g/mol. The largest absolute Gasteiger partial charge is 0.450 e. The maximum absolute atomic E-state index is 11.6. The second kappa shape index (κ2) is 9.60. The maximum Gasteiger partial charge on any atom is 0.407 e. The zero-order valence-electron chi connectivity index (χ0n) is 14.8. The summed E-state index contributed by atoms with van der Waals surface area (Å²) in [5.41, 5.74) is -0.464. The Kier molecular flexibility index (Phi) is 8.16. The molecule has 1 aliphatic rings.